The Kier molecular flexibility index (Phi) is 4.90. The summed E-state index contributed by atoms with van der Waals surface area (Å²) in [6.07, 6.45) is 9.28. The largest absolute Gasteiger partial charge is 0.500 e. The van der Waals surface area contributed by atoms with Crippen LogP contribution in [-0.4, -0.2) is 28.4 Å². The molecule has 1 fully saturated rings. The number of methoxy groups -OCH3 is 4. The molecule has 3 aliphatic rings. The van der Waals surface area contributed by atoms with Gasteiger partial charge in [0, 0.05) is 16.7 Å². The number of hydrogen-bond donors (Lipinski definition) is 0. The third kappa shape index (κ3) is 2.36. The number of ether oxygens (including phenoxy) is 4. The normalized spacial score (nSPS) is 28.4. The minimum atomic E-state index is -0.170. The highest BCUT2D eigenvalue weighted by molar-refractivity contribution is 5.63. The summed E-state index contributed by atoms with van der Waals surface area (Å²) in [5, 5.41) is 0. The van der Waals surface area contributed by atoms with E-state index in [0.29, 0.717) is 11.8 Å². The lowest BCUT2D eigenvalue weighted by molar-refractivity contribution is 0.105. The fourth-order valence-corrected chi connectivity index (χ4v) is 6.18. The number of benzene rings is 1. The molecule has 3 aliphatic carbocycles. The maximum Gasteiger partial charge on any atom is 0.125 e. The standard InChI is InChI=1S/C24H30O4/c1-6-8-19(25-2)18-14-16-10-7-9-15-13-17-20(26-3)11-12-21(27-4)22(17)24(15,16)23(18)28-5/h6,8,11-12,15-16H,1,7,9-10,13-14H2,2-5H3/b19-8+/t15-,16-,24-/m0/s1. The summed E-state index contributed by atoms with van der Waals surface area (Å²) >= 11 is 0. The molecule has 0 aromatic heterocycles. The fourth-order valence-electron chi connectivity index (χ4n) is 6.18. The van der Waals surface area contributed by atoms with E-state index < -0.39 is 0 Å². The van der Waals surface area contributed by atoms with Crippen molar-refractivity contribution in [2.24, 2.45) is 11.8 Å². The molecule has 1 aromatic carbocycles. The van der Waals surface area contributed by atoms with Gasteiger partial charge in [0.2, 0.25) is 0 Å². The first-order valence-electron chi connectivity index (χ1n) is 10.1. The predicted octanol–water partition coefficient (Wildman–Crippen LogP) is 4.93. The van der Waals surface area contributed by atoms with Crippen LogP contribution in [0.5, 0.6) is 11.5 Å². The van der Waals surface area contributed by atoms with E-state index in [-0.39, 0.29) is 5.41 Å². The topological polar surface area (TPSA) is 36.9 Å². The highest BCUT2D eigenvalue weighted by Crippen LogP contribution is 2.67. The van der Waals surface area contributed by atoms with Gasteiger partial charge >= 0.3 is 0 Å². The van der Waals surface area contributed by atoms with Crippen LogP contribution in [0.3, 0.4) is 0 Å². The molecular formula is C24H30O4. The van der Waals surface area contributed by atoms with E-state index in [0.717, 1.165) is 35.9 Å². The Labute approximate surface area is 167 Å². The zero-order valence-electron chi connectivity index (χ0n) is 17.3. The van der Waals surface area contributed by atoms with E-state index in [1.165, 1.54) is 36.0 Å². The summed E-state index contributed by atoms with van der Waals surface area (Å²) in [6.45, 7) is 3.86. The molecule has 0 N–H and O–H groups in total. The Hall–Kier alpha value is -2.36. The van der Waals surface area contributed by atoms with Gasteiger partial charge in [-0.05, 0) is 55.7 Å². The smallest absolute Gasteiger partial charge is 0.125 e. The molecule has 4 heteroatoms. The van der Waals surface area contributed by atoms with Crippen LogP contribution in [0.4, 0.5) is 0 Å². The Bertz CT molecular complexity index is 850. The maximum atomic E-state index is 6.19. The highest BCUT2D eigenvalue weighted by atomic mass is 16.5. The molecule has 0 saturated heterocycles. The van der Waals surface area contributed by atoms with Gasteiger partial charge in [-0.3, -0.25) is 0 Å². The van der Waals surface area contributed by atoms with E-state index in [2.05, 4.69) is 6.58 Å². The highest BCUT2D eigenvalue weighted by Gasteiger charge is 2.62. The van der Waals surface area contributed by atoms with Crippen LogP contribution in [0.2, 0.25) is 0 Å². The van der Waals surface area contributed by atoms with Crippen LogP contribution in [-0.2, 0) is 21.3 Å². The average Bonchev–Trinajstić information content (AvgIpc) is 3.25. The predicted molar refractivity (Wildman–Crippen MR) is 110 cm³/mol. The van der Waals surface area contributed by atoms with Crippen molar-refractivity contribution in [2.75, 3.05) is 28.4 Å². The molecule has 0 heterocycles. The average molecular weight is 383 g/mol. The van der Waals surface area contributed by atoms with E-state index in [1.807, 2.05) is 18.2 Å². The van der Waals surface area contributed by atoms with Gasteiger partial charge in [-0.2, -0.15) is 0 Å². The zero-order valence-corrected chi connectivity index (χ0v) is 17.3. The van der Waals surface area contributed by atoms with Crippen LogP contribution >= 0.6 is 0 Å². The SMILES string of the molecule is C=C/C=C(/OC)C1=C(OC)[C@@]23c4c(OC)ccc(OC)c4C[C@@H]2CCC[C@H]3C1. The summed E-state index contributed by atoms with van der Waals surface area (Å²) in [5.41, 5.74) is 3.54. The molecule has 1 saturated carbocycles. The molecule has 0 amide bonds. The lowest BCUT2D eigenvalue weighted by Gasteiger charge is -2.44. The molecule has 150 valence electrons. The first-order chi connectivity index (χ1) is 13.7. The first-order valence-corrected chi connectivity index (χ1v) is 10.1. The molecule has 0 aliphatic heterocycles. The number of fused-ring (bicyclic) bond motifs is 1. The third-order valence-corrected chi connectivity index (χ3v) is 7.02. The number of rotatable bonds is 6. The minimum absolute atomic E-state index is 0.170. The van der Waals surface area contributed by atoms with E-state index in [9.17, 15) is 0 Å². The Morgan fingerprint density at radius 2 is 1.68 bits per heavy atom. The Morgan fingerprint density at radius 3 is 2.29 bits per heavy atom. The van der Waals surface area contributed by atoms with Crippen LogP contribution in [0.25, 0.3) is 0 Å². The van der Waals surface area contributed by atoms with Gasteiger partial charge in [-0.15, -0.1) is 0 Å². The van der Waals surface area contributed by atoms with Crippen LogP contribution < -0.4 is 9.47 Å². The Balaban J connectivity index is 2.03. The fraction of sp³-hybridized carbons (Fsp3) is 0.500. The molecule has 0 unspecified atom stereocenters. The van der Waals surface area contributed by atoms with Crippen molar-refractivity contribution in [3.05, 3.63) is 59.1 Å². The summed E-state index contributed by atoms with van der Waals surface area (Å²) in [5.74, 6) is 4.75. The monoisotopic (exact) mass is 382 g/mol. The molecule has 3 atom stereocenters. The second-order valence-corrected chi connectivity index (χ2v) is 7.91. The van der Waals surface area contributed by atoms with Gasteiger partial charge in [-0.25, -0.2) is 0 Å². The number of allylic oxidation sites excluding steroid dienone is 4. The van der Waals surface area contributed by atoms with Gasteiger partial charge in [0.15, 0.2) is 0 Å². The summed E-state index contributed by atoms with van der Waals surface area (Å²) < 4.78 is 23.6. The minimum Gasteiger partial charge on any atom is -0.500 e. The van der Waals surface area contributed by atoms with Crippen LogP contribution in [0.1, 0.15) is 36.8 Å². The molecule has 0 radical (unpaired) electrons. The summed E-state index contributed by atoms with van der Waals surface area (Å²) in [6, 6.07) is 4.08. The van der Waals surface area contributed by atoms with Crippen molar-refractivity contribution in [1.82, 2.24) is 0 Å². The van der Waals surface area contributed by atoms with E-state index in [4.69, 9.17) is 18.9 Å². The van der Waals surface area contributed by atoms with Crippen molar-refractivity contribution < 1.29 is 18.9 Å². The van der Waals surface area contributed by atoms with Crippen molar-refractivity contribution in [3.8, 4) is 11.5 Å². The van der Waals surface area contributed by atoms with Gasteiger partial charge in [0.05, 0.1) is 33.9 Å². The Morgan fingerprint density at radius 1 is 1.00 bits per heavy atom. The lowest BCUT2D eigenvalue weighted by Crippen LogP contribution is -2.42. The second kappa shape index (κ2) is 7.23. The van der Waals surface area contributed by atoms with E-state index >= 15 is 0 Å². The van der Waals surface area contributed by atoms with Crippen molar-refractivity contribution in [3.63, 3.8) is 0 Å². The first kappa shape index (κ1) is 19.0. The molecule has 28 heavy (non-hydrogen) atoms. The molecule has 0 bridgehead atoms. The van der Waals surface area contributed by atoms with Crippen molar-refractivity contribution in [1.29, 1.82) is 0 Å². The van der Waals surface area contributed by atoms with Crippen LogP contribution in [0, 0.1) is 11.8 Å². The lowest BCUT2D eigenvalue weighted by atomic mass is 9.60. The third-order valence-electron chi connectivity index (χ3n) is 7.02. The van der Waals surface area contributed by atoms with Crippen molar-refractivity contribution in [2.45, 2.75) is 37.5 Å². The number of hydrogen-bond acceptors (Lipinski definition) is 4. The maximum absolute atomic E-state index is 6.19. The van der Waals surface area contributed by atoms with Gasteiger partial charge in [-0.1, -0.05) is 19.1 Å². The van der Waals surface area contributed by atoms with Crippen LogP contribution in [0.15, 0.2) is 48.0 Å². The van der Waals surface area contributed by atoms with Gasteiger partial charge in [0.25, 0.3) is 0 Å². The molecule has 4 nitrogen and oxygen atoms in total. The molecule has 1 spiro atoms. The summed E-state index contributed by atoms with van der Waals surface area (Å²) in [7, 11) is 7.03. The zero-order chi connectivity index (χ0) is 19.9. The van der Waals surface area contributed by atoms with Gasteiger partial charge < -0.3 is 18.9 Å². The molecule has 4 rings (SSSR count). The van der Waals surface area contributed by atoms with Gasteiger partial charge in [0.1, 0.15) is 23.0 Å². The quantitative estimate of drug-likeness (QED) is 0.516. The molecular weight excluding hydrogens is 352 g/mol. The second-order valence-electron chi connectivity index (χ2n) is 7.91. The van der Waals surface area contributed by atoms with E-state index in [1.54, 1.807) is 34.5 Å². The molecule has 1 aromatic rings. The summed E-state index contributed by atoms with van der Waals surface area (Å²) in [4.78, 5) is 0. The van der Waals surface area contributed by atoms with Crippen molar-refractivity contribution >= 4 is 0 Å².